The van der Waals surface area contributed by atoms with Crippen LogP contribution in [0.2, 0.25) is 0 Å². The Kier molecular flexibility index (Phi) is 3.45. The van der Waals surface area contributed by atoms with Crippen LogP contribution in [0, 0.1) is 0 Å². The van der Waals surface area contributed by atoms with Crippen molar-refractivity contribution < 1.29 is 5.11 Å². The van der Waals surface area contributed by atoms with Crippen molar-refractivity contribution in [2.45, 2.75) is 12.1 Å². The van der Waals surface area contributed by atoms with E-state index in [4.69, 9.17) is 0 Å². The Morgan fingerprint density at radius 3 is 2.61 bits per heavy atom. The summed E-state index contributed by atoms with van der Waals surface area (Å²) in [5, 5.41) is 13.1. The van der Waals surface area contributed by atoms with Crippen LogP contribution in [0.5, 0.6) is 0 Å². The standard InChI is InChI=1S/C13H20N4O/c18-12-10-14-9-11(12)16-5-7-17(8-6-16)13-3-1-2-4-15-13/h1-4,11-12,14,18H,5-10H2. The minimum atomic E-state index is -0.216. The highest BCUT2D eigenvalue weighted by Gasteiger charge is 2.32. The van der Waals surface area contributed by atoms with Gasteiger partial charge in [-0.05, 0) is 12.1 Å². The van der Waals surface area contributed by atoms with Crippen LogP contribution in [0.25, 0.3) is 0 Å². The third-order valence-electron chi connectivity index (χ3n) is 3.91. The summed E-state index contributed by atoms with van der Waals surface area (Å²) < 4.78 is 0. The van der Waals surface area contributed by atoms with Crippen molar-refractivity contribution in [3.8, 4) is 0 Å². The van der Waals surface area contributed by atoms with Gasteiger partial charge in [0, 0.05) is 51.5 Å². The third kappa shape index (κ3) is 2.34. The highest BCUT2D eigenvalue weighted by molar-refractivity contribution is 5.38. The quantitative estimate of drug-likeness (QED) is 0.741. The largest absolute Gasteiger partial charge is 0.390 e. The average Bonchev–Trinajstić information content (AvgIpc) is 2.86. The molecule has 2 aliphatic heterocycles. The van der Waals surface area contributed by atoms with Gasteiger partial charge < -0.3 is 15.3 Å². The van der Waals surface area contributed by atoms with E-state index in [1.54, 1.807) is 0 Å². The first kappa shape index (κ1) is 11.9. The molecule has 18 heavy (non-hydrogen) atoms. The van der Waals surface area contributed by atoms with Gasteiger partial charge in [0.2, 0.25) is 0 Å². The first-order valence-corrected chi connectivity index (χ1v) is 6.63. The lowest BCUT2D eigenvalue weighted by Gasteiger charge is -2.39. The van der Waals surface area contributed by atoms with Crippen LogP contribution in [0.3, 0.4) is 0 Å². The van der Waals surface area contributed by atoms with E-state index >= 15 is 0 Å². The number of pyridine rings is 1. The Hall–Kier alpha value is -1.17. The molecule has 0 aromatic carbocycles. The maximum atomic E-state index is 9.89. The van der Waals surface area contributed by atoms with Crippen LogP contribution in [0.1, 0.15) is 0 Å². The first-order chi connectivity index (χ1) is 8.84. The van der Waals surface area contributed by atoms with Crippen molar-refractivity contribution in [3.05, 3.63) is 24.4 Å². The molecule has 2 aliphatic rings. The first-order valence-electron chi connectivity index (χ1n) is 6.63. The number of aliphatic hydroxyl groups excluding tert-OH is 1. The second-order valence-electron chi connectivity index (χ2n) is 5.00. The Morgan fingerprint density at radius 1 is 1.17 bits per heavy atom. The summed E-state index contributed by atoms with van der Waals surface area (Å²) in [5.41, 5.74) is 0. The molecule has 3 heterocycles. The number of anilines is 1. The van der Waals surface area contributed by atoms with Crippen molar-refractivity contribution in [1.82, 2.24) is 15.2 Å². The van der Waals surface area contributed by atoms with Gasteiger partial charge in [0.15, 0.2) is 0 Å². The highest BCUT2D eigenvalue weighted by Crippen LogP contribution is 2.16. The second-order valence-corrected chi connectivity index (χ2v) is 5.00. The summed E-state index contributed by atoms with van der Waals surface area (Å²) in [7, 11) is 0. The summed E-state index contributed by atoms with van der Waals surface area (Å²) in [6.45, 7) is 5.61. The molecule has 2 N–H and O–H groups in total. The van der Waals surface area contributed by atoms with E-state index in [0.29, 0.717) is 0 Å². The summed E-state index contributed by atoms with van der Waals surface area (Å²) in [6.07, 6.45) is 1.62. The van der Waals surface area contributed by atoms with E-state index in [2.05, 4.69) is 26.2 Å². The lowest BCUT2D eigenvalue weighted by atomic mass is 10.1. The molecular weight excluding hydrogens is 228 g/mol. The molecule has 0 saturated carbocycles. The molecule has 2 atom stereocenters. The zero-order valence-corrected chi connectivity index (χ0v) is 10.5. The topological polar surface area (TPSA) is 51.6 Å². The Morgan fingerprint density at radius 2 is 2.00 bits per heavy atom. The van der Waals surface area contributed by atoms with E-state index in [-0.39, 0.29) is 12.1 Å². The van der Waals surface area contributed by atoms with E-state index < -0.39 is 0 Å². The Labute approximate surface area is 107 Å². The van der Waals surface area contributed by atoms with E-state index in [9.17, 15) is 5.11 Å². The van der Waals surface area contributed by atoms with Gasteiger partial charge in [-0.3, -0.25) is 4.90 Å². The van der Waals surface area contributed by atoms with Gasteiger partial charge in [0.1, 0.15) is 5.82 Å². The number of β-amino-alcohol motifs (C(OH)–C–C–N with tert-alkyl or cyclic N) is 1. The van der Waals surface area contributed by atoms with Crippen LogP contribution in [0.15, 0.2) is 24.4 Å². The number of nitrogens with one attached hydrogen (secondary N) is 1. The molecule has 3 rings (SSSR count). The maximum Gasteiger partial charge on any atom is 0.128 e. The zero-order valence-electron chi connectivity index (χ0n) is 10.5. The Balaban J connectivity index is 1.58. The SMILES string of the molecule is OC1CNCC1N1CCN(c2ccccn2)CC1. The summed E-state index contributed by atoms with van der Waals surface area (Å²) in [5.74, 6) is 1.06. The molecule has 1 aromatic heterocycles. The van der Waals surface area contributed by atoms with Gasteiger partial charge >= 0.3 is 0 Å². The molecule has 2 saturated heterocycles. The number of rotatable bonds is 2. The molecule has 0 radical (unpaired) electrons. The van der Waals surface area contributed by atoms with Crippen molar-refractivity contribution >= 4 is 5.82 Å². The fourth-order valence-corrected chi connectivity index (χ4v) is 2.85. The molecule has 0 spiro atoms. The number of hydrogen-bond acceptors (Lipinski definition) is 5. The molecule has 2 unspecified atom stereocenters. The molecule has 0 amide bonds. The van der Waals surface area contributed by atoms with Crippen LogP contribution in [-0.2, 0) is 0 Å². The fourth-order valence-electron chi connectivity index (χ4n) is 2.85. The normalized spacial score (nSPS) is 29.7. The number of nitrogens with zero attached hydrogens (tertiary/aromatic N) is 3. The van der Waals surface area contributed by atoms with Crippen molar-refractivity contribution in [2.24, 2.45) is 0 Å². The van der Waals surface area contributed by atoms with Crippen LogP contribution >= 0.6 is 0 Å². The second kappa shape index (κ2) is 5.22. The zero-order chi connectivity index (χ0) is 12.4. The molecular formula is C13H20N4O. The van der Waals surface area contributed by atoms with Crippen molar-refractivity contribution in [2.75, 3.05) is 44.2 Å². The van der Waals surface area contributed by atoms with Crippen molar-refractivity contribution in [3.63, 3.8) is 0 Å². The Bertz CT molecular complexity index is 378. The molecule has 0 aliphatic carbocycles. The maximum absolute atomic E-state index is 9.89. The predicted molar refractivity (Wildman–Crippen MR) is 70.7 cm³/mol. The van der Waals surface area contributed by atoms with E-state index in [1.165, 1.54) is 0 Å². The monoisotopic (exact) mass is 248 g/mol. The van der Waals surface area contributed by atoms with Crippen LogP contribution < -0.4 is 10.2 Å². The molecule has 5 nitrogen and oxygen atoms in total. The summed E-state index contributed by atoms with van der Waals surface area (Å²) >= 11 is 0. The van der Waals surface area contributed by atoms with E-state index in [1.807, 2.05) is 18.3 Å². The lowest BCUT2D eigenvalue weighted by Crippen LogP contribution is -2.53. The number of hydrogen-bond donors (Lipinski definition) is 2. The minimum absolute atomic E-state index is 0.216. The van der Waals surface area contributed by atoms with Gasteiger partial charge in [-0.25, -0.2) is 4.98 Å². The van der Waals surface area contributed by atoms with Gasteiger partial charge in [0.25, 0.3) is 0 Å². The van der Waals surface area contributed by atoms with Crippen molar-refractivity contribution in [1.29, 1.82) is 0 Å². The molecule has 2 fully saturated rings. The minimum Gasteiger partial charge on any atom is -0.390 e. The predicted octanol–water partition coefficient (Wildman–Crippen LogP) is -0.464. The number of piperazine rings is 1. The summed E-state index contributed by atoms with van der Waals surface area (Å²) in [4.78, 5) is 9.09. The smallest absolute Gasteiger partial charge is 0.128 e. The van der Waals surface area contributed by atoms with Gasteiger partial charge in [-0.15, -0.1) is 0 Å². The molecule has 0 bridgehead atoms. The van der Waals surface area contributed by atoms with Crippen LogP contribution in [-0.4, -0.2) is 66.4 Å². The number of aliphatic hydroxyl groups is 1. The van der Waals surface area contributed by atoms with Gasteiger partial charge in [-0.1, -0.05) is 6.07 Å². The number of aromatic nitrogens is 1. The molecule has 1 aromatic rings. The molecule has 98 valence electrons. The average molecular weight is 248 g/mol. The fraction of sp³-hybridized carbons (Fsp3) is 0.615. The lowest BCUT2D eigenvalue weighted by molar-refractivity contribution is 0.0791. The van der Waals surface area contributed by atoms with Gasteiger partial charge in [-0.2, -0.15) is 0 Å². The molecule has 5 heteroatoms. The highest BCUT2D eigenvalue weighted by atomic mass is 16.3. The van der Waals surface area contributed by atoms with E-state index in [0.717, 1.165) is 45.1 Å². The van der Waals surface area contributed by atoms with Crippen LogP contribution in [0.4, 0.5) is 5.82 Å². The summed E-state index contributed by atoms with van der Waals surface area (Å²) in [6, 6.07) is 6.32. The third-order valence-corrected chi connectivity index (χ3v) is 3.91. The van der Waals surface area contributed by atoms with Gasteiger partial charge in [0.05, 0.1) is 6.10 Å².